The maximum Gasteiger partial charge on any atom is 0.0667 e. The van der Waals surface area contributed by atoms with Crippen molar-refractivity contribution in [1.82, 2.24) is 4.90 Å². The fourth-order valence-corrected chi connectivity index (χ4v) is 5.08. The van der Waals surface area contributed by atoms with E-state index in [2.05, 4.69) is 72.2 Å². The third-order valence-electron chi connectivity index (χ3n) is 2.90. The van der Waals surface area contributed by atoms with Crippen LogP contribution in [0.15, 0.2) is 12.7 Å². The van der Waals surface area contributed by atoms with Crippen molar-refractivity contribution in [3.8, 4) is 0 Å². The van der Waals surface area contributed by atoms with Gasteiger partial charge in [-0.05, 0) is 53.8 Å². The molecule has 0 saturated heterocycles. The van der Waals surface area contributed by atoms with Gasteiger partial charge in [0, 0.05) is 11.1 Å². The second-order valence-electron chi connectivity index (χ2n) is 7.58. The molecule has 0 heterocycles. The summed E-state index contributed by atoms with van der Waals surface area (Å²) >= 11 is 0. The molecule has 0 fully saturated rings. The number of hydrogen-bond acceptors (Lipinski definition) is 1. The van der Waals surface area contributed by atoms with Gasteiger partial charge in [-0.15, -0.1) is 6.58 Å². The first kappa shape index (κ1) is 15.9. The average Bonchev–Trinajstić information content (AvgIpc) is 1.96. The molecule has 0 saturated carbocycles. The van der Waals surface area contributed by atoms with Gasteiger partial charge in [0.25, 0.3) is 0 Å². The molecular weight excluding hydrogens is 210 g/mol. The molecule has 0 aliphatic heterocycles. The molecule has 1 nitrogen and oxygen atoms in total. The van der Waals surface area contributed by atoms with Crippen molar-refractivity contribution in [3.05, 3.63) is 12.7 Å². The predicted octanol–water partition coefficient (Wildman–Crippen LogP) is 4.32. The summed E-state index contributed by atoms with van der Waals surface area (Å²) < 4.78 is 0. The Morgan fingerprint density at radius 1 is 1.00 bits per heavy atom. The highest BCUT2D eigenvalue weighted by atomic mass is 28.3. The summed E-state index contributed by atoms with van der Waals surface area (Å²) in [6.07, 6.45) is 3.34. The van der Waals surface area contributed by atoms with Gasteiger partial charge < -0.3 is 0 Å². The predicted molar refractivity (Wildman–Crippen MR) is 78.7 cm³/mol. The van der Waals surface area contributed by atoms with Crippen LogP contribution in [-0.2, 0) is 0 Å². The topological polar surface area (TPSA) is 3.24 Å². The highest BCUT2D eigenvalue weighted by Gasteiger charge is 2.35. The van der Waals surface area contributed by atoms with Crippen molar-refractivity contribution in [2.24, 2.45) is 0 Å². The van der Waals surface area contributed by atoms with Gasteiger partial charge in [-0.1, -0.05) is 19.2 Å². The first-order chi connectivity index (χ1) is 6.90. The van der Waals surface area contributed by atoms with Crippen molar-refractivity contribution in [2.75, 3.05) is 6.17 Å². The van der Waals surface area contributed by atoms with Crippen LogP contribution in [0, 0.1) is 0 Å². The average molecular weight is 241 g/mol. The molecule has 0 aromatic carbocycles. The Morgan fingerprint density at radius 3 is 1.62 bits per heavy atom. The standard InChI is InChI=1S/C14H31NSi/c1-10-11-16(8,9)12-15(13(2,3)4)14(5,6)7/h10H,1,11-12H2,2-9H3. The van der Waals surface area contributed by atoms with Crippen molar-refractivity contribution < 1.29 is 0 Å². The number of nitrogens with zero attached hydrogens (tertiary/aromatic N) is 1. The van der Waals surface area contributed by atoms with Gasteiger partial charge >= 0.3 is 0 Å². The molecule has 0 radical (unpaired) electrons. The van der Waals surface area contributed by atoms with Gasteiger partial charge in [0.1, 0.15) is 0 Å². The minimum absolute atomic E-state index is 0.240. The van der Waals surface area contributed by atoms with Crippen LogP contribution in [0.25, 0.3) is 0 Å². The molecule has 16 heavy (non-hydrogen) atoms. The minimum atomic E-state index is -1.18. The van der Waals surface area contributed by atoms with Crippen LogP contribution < -0.4 is 0 Å². The Labute approximate surface area is 104 Å². The lowest BCUT2D eigenvalue weighted by Gasteiger charge is -2.48. The molecule has 2 heteroatoms. The SMILES string of the molecule is C=CC[Si](C)(C)CN(C(C)(C)C)C(C)(C)C. The molecule has 0 aliphatic carbocycles. The van der Waals surface area contributed by atoms with Crippen LogP contribution in [0.4, 0.5) is 0 Å². The van der Waals surface area contributed by atoms with E-state index >= 15 is 0 Å². The lowest BCUT2D eigenvalue weighted by Crippen LogP contribution is -2.58. The largest absolute Gasteiger partial charge is 0.296 e. The zero-order valence-electron chi connectivity index (χ0n) is 12.6. The van der Waals surface area contributed by atoms with Crippen LogP contribution in [0.5, 0.6) is 0 Å². The maximum atomic E-state index is 3.89. The van der Waals surface area contributed by atoms with Gasteiger partial charge in [0.2, 0.25) is 0 Å². The summed E-state index contributed by atoms with van der Waals surface area (Å²) in [7, 11) is -1.18. The molecule has 0 aromatic rings. The fraction of sp³-hybridized carbons (Fsp3) is 0.857. The maximum absolute atomic E-state index is 3.89. The third kappa shape index (κ3) is 5.31. The summed E-state index contributed by atoms with van der Waals surface area (Å²) in [5.74, 6) is 0. The van der Waals surface area contributed by atoms with Gasteiger partial charge in [0.15, 0.2) is 0 Å². The Bertz CT molecular complexity index is 216. The Kier molecular flexibility index (Phi) is 5.02. The molecule has 0 bridgehead atoms. The van der Waals surface area contributed by atoms with E-state index < -0.39 is 8.07 Å². The molecule has 0 spiro atoms. The van der Waals surface area contributed by atoms with Crippen LogP contribution in [0.1, 0.15) is 41.5 Å². The molecule has 0 rings (SSSR count). The molecule has 0 N–H and O–H groups in total. The summed E-state index contributed by atoms with van der Waals surface area (Å²) in [4.78, 5) is 2.65. The highest BCUT2D eigenvalue weighted by molar-refractivity contribution is 6.78. The highest BCUT2D eigenvalue weighted by Crippen LogP contribution is 2.27. The number of rotatable bonds is 4. The second-order valence-corrected chi connectivity index (χ2v) is 12.6. The molecule has 0 atom stereocenters. The van der Waals surface area contributed by atoms with E-state index in [-0.39, 0.29) is 11.1 Å². The van der Waals surface area contributed by atoms with Crippen LogP contribution in [-0.4, -0.2) is 30.2 Å². The van der Waals surface area contributed by atoms with E-state index in [1.165, 1.54) is 12.2 Å². The normalized spacial score (nSPS) is 14.3. The van der Waals surface area contributed by atoms with Gasteiger partial charge in [-0.2, -0.15) is 0 Å². The van der Waals surface area contributed by atoms with Crippen LogP contribution in [0.3, 0.4) is 0 Å². The molecule has 96 valence electrons. The van der Waals surface area contributed by atoms with Crippen LogP contribution in [0.2, 0.25) is 19.1 Å². The van der Waals surface area contributed by atoms with Crippen molar-refractivity contribution in [2.45, 2.75) is 71.8 Å². The molecule has 0 amide bonds. The second kappa shape index (κ2) is 5.05. The van der Waals surface area contributed by atoms with E-state index in [0.717, 1.165) is 0 Å². The van der Waals surface area contributed by atoms with E-state index in [1.54, 1.807) is 0 Å². The van der Waals surface area contributed by atoms with Crippen molar-refractivity contribution >= 4 is 8.07 Å². The van der Waals surface area contributed by atoms with Gasteiger partial charge in [0.05, 0.1) is 8.07 Å². The Morgan fingerprint density at radius 2 is 1.38 bits per heavy atom. The molecular formula is C14H31NSi. The molecule has 0 unspecified atom stereocenters. The van der Waals surface area contributed by atoms with Crippen molar-refractivity contribution in [1.29, 1.82) is 0 Å². The summed E-state index contributed by atoms with van der Waals surface area (Å²) in [5.41, 5.74) is 0.480. The lowest BCUT2D eigenvalue weighted by atomic mass is 9.97. The number of allylic oxidation sites excluding steroid dienone is 1. The van der Waals surface area contributed by atoms with E-state index in [4.69, 9.17) is 0 Å². The summed E-state index contributed by atoms with van der Waals surface area (Å²) in [6, 6.07) is 1.20. The minimum Gasteiger partial charge on any atom is -0.296 e. The van der Waals surface area contributed by atoms with E-state index in [0.29, 0.717) is 0 Å². The summed E-state index contributed by atoms with van der Waals surface area (Å²) in [5, 5.41) is 0. The quantitative estimate of drug-likeness (QED) is 0.523. The van der Waals surface area contributed by atoms with Crippen LogP contribution >= 0.6 is 0 Å². The van der Waals surface area contributed by atoms with E-state index in [9.17, 15) is 0 Å². The zero-order valence-corrected chi connectivity index (χ0v) is 13.6. The number of hydrogen-bond donors (Lipinski definition) is 0. The van der Waals surface area contributed by atoms with Crippen molar-refractivity contribution in [3.63, 3.8) is 0 Å². The first-order valence-corrected chi connectivity index (χ1v) is 9.70. The zero-order chi connectivity index (χ0) is 13.2. The Hall–Kier alpha value is -0.0831. The molecule has 0 aromatic heterocycles. The lowest BCUT2D eigenvalue weighted by molar-refractivity contribution is 0.0571. The smallest absolute Gasteiger partial charge is 0.0667 e. The molecule has 0 aliphatic rings. The van der Waals surface area contributed by atoms with Gasteiger partial charge in [-0.25, -0.2) is 0 Å². The first-order valence-electron chi connectivity index (χ1n) is 6.29. The third-order valence-corrected chi connectivity index (χ3v) is 5.47. The Balaban J connectivity index is 4.90. The van der Waals surface area contributed by atoms with Gasteiger partial charge in [-0.3, -0.25) is 4.90 Å². The monoisotopic (exact) mass is 241 g/mol. The summed E-state index contributed by atoms with van der Waals surface area (Å²) in [6.45, 7) is 22.7. The fourth-order valence-electron chi connectivity index (χ4n) is 2.36. The van der Waals surface area contributed by atoms with E-state index in [1.807, 2.05) is 0 Å².